The number of carbonyl (C=O) groups is 1. The Bertz CT molecular complexity index is 1020. The van der Waals surface area contributed by atoms with Crippen molar-refractivity contribution >= 4 is 27.1 Å². The van der Waals surface area contributed by atoms with E-state index in [9.17, 15) is 27.7 Å². The summed E-state index contributed by atoms with van der Waals surface area (Å²) in [4.78, 5) is 26.3. The summed E-state index contributed by atoms with van der Waals surface area (Å²) in [5.41, 5.74) is 0.116. The molecular weight excluding hydrogens is 389 g/mol. The van der Waals surface area contributed by atoms with Crippen molar-refractivity contribution in [3.8, 4) is 0 Å². The van der Waals surface area contributed by atoms with E-state index in [0.717, 1.165) is 6.26 Å². The number of para-hydroxylation sites is 1. The lowest BCUT2D eigenvalue weighted by atomic mass is 10.1. The molecule has 1 fully saturated rings. The van der Waals surface area contributed by atoms with Gasteiger partial charge in [-0.3, -0.25) is 14.9 Å². The first-order valence-corrected chi connectivity index (χ1v) is 10.3. The highest BCUT2D eigenvalue weighted by atomic mass is 32.2. The molecule has 0 bridgehead atoms. The Morgan fingerprint density at radius 2 is 1.68 bits per heavy atom. The first-order chi connectivity index (χ1) is 13.2. The molecule has 28 heavy (non-hydrogen) atoms. The molecule has 3 rings (SSSR count). The Balaban J connectivity index is 1.81. The Morgan fingerprint density at radius 3 is 2.21 bits per heavy atom. The van der Waals surface area contributed by atoms with E-state index in [1.54, 1.807) is 9.80 Å². The normalized spacial score (nSPS) is 14.8. The van der Waals surface area contributed by atoms with Gasteiger partial charge in [0.25, 0.3) is 5.91 Å². The maximum Gasteiger partial charge on any atom is 0.311 e. The van der Waals surface area contributed by atoms with Gasteiger partial charge >= 0.3 is 5.69 Å². The van der Waals surface area contributed by atoms with Crippen LogP contribution in [0, 0.1) is 15.9 Å². The number of benzene rings is 2. The van der Waals surface area contributed by atoms with Crippen LogP contribution in [0.3, 0.4) is 0 Å². The number of nitro groups is 1. The summed E-state index contributed by atoms with van der Waals surface area (Å²) < 4.78 is 36.8. The Hall–Kier alpha value is -3.01. The maximum absolute atomic E-state index is 13.0. The third-order valence-corrected chi connectivity index (χ3v) is 5.69. The van der Waals surface area contributed by atoms with Gasteiger partial charge in [-0.25, -0.2) is 12.8 Å². The fourth-order valence-electron chi connectivity index (χ4n) is 3.17. The van der Waals surface area contributed by atoms with E-state index in [4.69, 9.17) is 0 Å². The molecule has 2 aromatic rings. The average molecular weight is 407 g/mol. The summed E-state index contributed by atoms with van der Waals surface area (Å²) in [6, 6.07) is 9.42. The van der Waals surface area contributed by atoms with Gasteiger partial charge in [-0.1, -0.05) is 6.07 Å². The molecule has 0 saturated carbocycles. The molecule has 0 unspecified atom stereocenters. The predicted octanol–water partition coefficient (Wildman–Crippen LogP) is 2.10. The number of rotatable bonds is 4. The molecule has 0 spiro atoms. The first kappa shape index (κ1) is 19.7. The van der Waals surface area contributed by atoms with E-state index in [-0.39, 0.29) is 16.5 Å². The second kappa shape index (κ2) is 7.55. The van der Waals surface area contributed by atoms with Crippen LogP contribution in [0.5, 0.6) is 0 Å². The van der Waals surface area contributed by atoms with Crippen LogP contribution in [-0.2, 0) is 9.84 Å². The van der Waals surface area contributed by atoms with Crippen LogP contribution in [0.25, 0.3) is 0 Å². The van der Waals surface area contributed by atoms with Gasteiger partial charge in [0, 0.05) is 38.0 Å². The van der Waals surface area contributed by atoms with Gasteiger partial charge in [0.1, 0.15) is 16.4 Å². The largest absolute Gasteiger partial charge is 0.362 e. The fraction of sp³-hybridized carbons (Fsp3) is 0.278. The molecule has 8 nitrogen and oxygen atoms in total. The molecule has 1 heterocycles. The highest BCUT2D eigenvalue weighted by Crippen LogP contribution is 2.35. The minimum absolute atomic E-state index is 0.210. The number of sulfone groups is 1. The van der Waals surface area contributed by atoms with Gasteiger partial charge in [0.15, 0.2) is 9.84 Å². The van der Waals surface area contributed by atoms with Crippen LogP contribution in [-0.4, -0.2) is 56.6 Å². The number of halogens is 1. The van der Waals surface area contributed by atoms with Crippen molar-refractivity contribution in [2.45, 2.75) is 4.90 Å². The summed E-state index contributed by atoms with van der Waals surface area (Å²) >= 11 is 0. The van der Waals surface area contributed by atoms with E-state index < -0.39 is 26.3 Å². The van der Waals surface area contributed by atoms with Gasteiger partial charge in [-0.2, -0.15) is 0 Å². The number of amides is 1. The minimum atomic E-state index is -3.77. The van der Waals surface area contributed by atoms with Crippen LogP contribution < -0.4 is 4.90 Å². The maximum atomic E-state index is 13.0. The summed E-state index contributed by atoms with van der Waals surface area (Å²) in [6.45, 7) is 1.22. The molecule has 2 aromatic carbocycles. The highest BCUT2D eigenvalue weighted by molar-refractivity contribution is 7.90. The number of piperazine rings is 1. The van der Waals surface area contributed by atoms with Gasteiger partial charge in [-0.05, 0) is 36.4 Å². The molecule has 148 valence electrons. The van der Waals surface area contributed by atoms with E-state index in [2.05, 4.69) is 0 Å². The molecule has 0 aromatic heterocycles. The zero-order valence-corrected chi connectivity index (χ0v) is 15.9. The summed E-state index contributed by atoms with van der Waals surface area (Å²) in [7, 11) is -3.77. The molecule has 10 heteroatoms. The second-order valence-corrected chi connectivity index (χ2v) is 8.42. The Kier molecular flexibility index (Phi) is 5.32. The zero-order chi connectivity index (χ0) is 20.5. The molecule has 0 aliphatic carbocycles. The van der Waals surface area contributed by atoms with Crippen LogP contribution in [0.4, 0.5) is 15.8 Å². The second-order valence-electron chi connectivity index (χ2n) is 6.44. The minimum Gasteiger partial charge on any atom is -0.362 e. The Labute approximate surface area is 161 Å². The quantitative estimate of drug-likeness (QED) is 0.568. The monoisotopic (exact) mass is 407 g/mol. The topological polar surface area (TPSA) is 101 Å². The van der Waals surface area contributed by atoms with Gasteiger partial charge in [0.2, 0.25) is 0 Å². The van der Waals surface area contributed by atoms with Crippen molar-refractivity contribution in [1.29, 1.82) is 0 Å². The standard InChI is InChI=1S/C18H18FN3O5S/c1-28(26,27)16-4-2-3-15(17(16)22(24)25)20-9-11-21(12-10-20)18(23)13-5-7-14(19)8-6-13/h2-8H,9-12H2,1H3. The number of hydrogen-bond acceptors (Lipinski definition) is 6. The van der Waals surface area contributed by atoms with E-state index in [1.807, 2.05) is 0 Å². The van der Waals surface area contributed by atoms with Crippen LogP contribution in [0.2, 0.25) is 0 Å². The lowest BCUT2D eigenvalue weighted by Crippen LogP contribution is -2.49. The molecule has 0 radical (unpaired) electrons. The molecule has 0 N–H and O–H groups in total. The van der Waals surface area contributed by atoms with Crippen molar-refractivity contribution in [2.24, 2.45) is 0 Å². The lowest BCUT2D eigenvalue weighted by molar-refractivity contribution is -0.387. The van der Waals surface area contributed by atoms with Crippen molar-refractivity contribution < 1.29 is 22.5 Å². The third kappa shape index (κ3) is 3.96. The smallest absolute Gasteiger partial charge is 0.311 e. The summed E-state index contributed by atoms with van der Waals surface area (Å²) in [5.74, 6) is -0.682. The van der Waals surface area contributed by atoms with Crippen molar-refractivity contribution in [2.75, 3.05) is 37.3 Å². The number of anilines is 1. The van der Waals surface area contributed by atoms with Crippen molar-refractivity contribution in [3.05, 3.63) is 64.0 Å². The molecule has 1 saturated heterocycles. The van der Waals surface area contributed by atoms with Crippen molar-refractivity contribution in [3.63, 3.8) is 0 Å². The molecule has 1 amide bonds. The fourth-order valence-corrected chi connectivity index (χ4v) is 4.03. The predicted molar refractivity (Wildman–Crippen MR) is 101 cm³/mol. The number of hydrogen-bond donors (Lipinski definition) is 0. The molecule has 1 aliphatic heterocycles. The third-order valence-electron chi connectivity index (χ3n) is 4.56. The molecule has 0 atom stereocenters. The van der Waals surface area contributed by atoms with E-state index >= 15 is 0 Å². The summed E-state index contributed by atoms with van der Waals surface area (Å²) in [6.07, 6.45) is 0.929. The van der Waals surface area contributed by atoms with Crippen LogP contribution >= 0.6 is 0 Å². The number of nitro benzene ring substituents is 1. The average Bonchev–Trinajstić information content (AvgIpc) is 2.67. The number of nitrogens with zero attached hydrogens (tertiary/aromatic N) is 3. The van der Waals surface area contributed by atoms with E-state index in [0.29, 0.717) is 31.7 Å². The van der Waals surface area contributed by atoms with Crippen LogP contribution in [0.1, 0.15) is 10.4 Å². The molecule has 1 aliphatic rings. The lowest BCUT2D eigenvalue weighted by Gasteiger charge is -2.36. The molecular formula is C18H18FN3O5S. The highest BCUT2D eigenvalue weighted by Gasteiger charge is 2.31. The number of carbonyl (C=O) groups excluding carboxylic acids is 1. The zero-order valence-electron chi connectivity index (χ0n) is 15.0. The van der Waals surface area contributed by atoms with Gasteiger partial charge in [-0.15, -0.1) is 0 Å². The van der Waals surface area contributed by atoms with Gasteiger partial charge < -0.3 is 9.80 Å². The summed E-state index contributed by atoms with van der Waals surface area (Å²) in [5, 5.41) is 11.5. The van der Waals surface area contributed by atoms with Crippen LogP contribution in [0.15, 0.2) is 47.4 Å². The SMILES string of the molecule is CS(=O)(=O)c1cccc(N2CCN(C(=O)c3ccc(F)cc3)CC2)c1[N+](=O)[O-]. The Morgan fingerprint density at radius 1 is 1.07 bits per heavy atom. The first-order valence-electron chi connectivity index (χ1n) is 8.46. The van der Waals surface area contributed by atoms with Crippen molar-refractivity contribution in [1.82, 2.24) is 4.90 Å². The van der Waals surface area contributed by atoms with E-state index in [1.165, 1.54) is 42.5 Å². The van der Waals surface area contributed by atoms with Gasteiger partial charge in [0.05, 0.1) is 4.92 Å².